The van der Waals surface area contributed by atoms with Gasteiger partial charge in [-0.15, -0.1) is 0 Å². The van der Waals surface area contributed by atoms with E-state index in [1.165, 1.54) is 0 Å². The van der Waals surface area contributed by atoms with Crippen LogP contribution in [0.5, 0.6) is 0 Å². The Morgan fingerprint density at radius 1 is 1.36 bits per heavy atom. The standard InChI is InChI=1S/C11H24N2O/c1-9(5-6-14-4)13-10(2)7-12-8-11(13)3/h9-12H,5-8H2,1-4H3. The summed E-state index contributed by atoms with van der Waals surface area (Å²) in [7, 11) is 1.78. The van der Waals surface area contributed by atoms with Crippen LogP contribution in [0.1, 0.15) is 27.2 Å². The fourth-order valence-electron chi connectivity index (χ4n) is 2.45. The van der Waals surface area contributed by atoms with E-state index in [1.54, 1.807) is 7.11 Å². The molecule has 3 atom stereocenters. The number of hydrogen-bond donors (Lipinski definition) is 1. The van der Waals surface area contributed by atoms with Crippen molar-refractivity contribution in [1.29, 1.82) is 0 Å². The molecular weight excluding hydrogens is 176 g/mol. The Balaban J connectivity index is 2.45. The molecule has 3 heteroatoms. The van der Waals surface area contributed by atoms with Crippen molar-refractivity contribution in [3.63, 3.8) is 0 Å². The molecule has 1 rings (SSSR count). The summed E-state index contributed by atoms with van der Waals surface area (Å²) in [4.78, 5) is 2.61. The minimum atomic E-state index is 0.627. The Kier molecular flexibility index (Phi) is 4.85. The molecule has 0 radical (unpaired) electrons. The summed E-state index contributed by atoms with van der Waals surface area (Å²) in [5.41, 5.74) is 0. The number of ether oxygens (including phenoxy) is 1. The third-order valence-corrected chi connectivity index (χ3v) is 3.15. The fraction of sp³-hybridized carbons (Fsp3) is 1.00. The number of piperazine rings is 1. The normalized spacial score (nSPS) is 31.7. The molecule has 0 aliphatic carbocycles. The zero-order chi connectivity index (χ0) is 10.6. The van der Waals surface area contributed by atoms with Crippen molar-refractivity contribution < 1.29 is 4.74 Å². The van der Waals surface area contributed by atoms with Crippen molar-refractivity contribution in [3.8, 4) is 0 Å². The molecule has 0 amide bonds. The highest BCUT2D eigenvalue weighted by atomic mass is 16.5. The third-order valence-electron chi connectivity index (χ3n) is 3.15. The molecule has 0 spiro atoms. The Hall–Kier alpha value is -0.120. The molecule has 1 fully saturated rings. The first-order chi connectivity index (χ1) is 6.66. The summed E-state index contributed by atoms with van der Waals surface area (Å²) in [5, 5.41) is 3.45. The summed E-state index contributed by atoms with van der Waals surface area (Å²) < 4.78 is 5.13. The molecule has 1 aliphatic rings. The second-order valence-electron chi connectivity index (χ2n) is 4.43. The lowest BCUT2D eigenvalue weighted by Gasteiger charge is -2.43. The monoisotopic (exact) mass is 200 g/mol. The van der Waals surface area contributed by atoms with Crippen LogP contribution in [0.25, 0.3) is 0 Å². The summed E-state index contributed by atoms with van der Waals surface area (Å²) in [6, 6.07) is 1.92. The van der Waals surface area contributed by atoms with Crippen LogP contribution in [0.15, 0.2) is 0 Å². The maximum Gasteiger partial charge on any atom is 0.0477 e. The molecule has 84 valence electrons. The van der Waals surface area contributed by atoms with E-state index in [9.17, 15) is 0 Å². The van der Waals surface area contributed by atoms with Gasteiger partial charge in [-0.25, -0.2) is 0 Å². The number of rotatable bonds is 4. The first-order valence-corrected chi connectivity index (χ1v) is 5.64. The minimum Gasteiger partial charge on any atom is -0.385 e. The van der Waals surface area contributed by atoms with Crippen molar-refractivity contribution in [2.75, 3.05) is 26.8 Å². The number of nitrogens with one attached hydrogen (secondary N) is 1. The number of nitrogens with zero attached hydrogens (tertiary/aromatic N) is 1. The van der Waals surface area contributed by atoms with E-state index in [0.29, 0.717) is 18.1 Å². The number of methoxy groups -OCH3 is 1. The van der Waals surface area contributed by atoms with Gasteiger partial charge in [-0.3, -0.25) is 4.90 Å². The SMILES string of the molecule is COCCC(C)N1C(C)CNCC1C. The molecule has 3 nitrogen and oxygen atoms in total. The van der Waals surface area contributed by atoms with E-state index in [1.807, 2.05) is 0 Å². The van der Waals surface area contributed by atoms with Crippen molar-refractivity contribution >= 4 is 0 Å². The summed E-state index contributed by atoms with van der Waals surface area (Å²) in [6.45, 7) is 9.99. The first-order valence-electron chi connectivity index (χ1n) is 5.64. The van der Waals surface area contributed by atoms with Gasteiger partial charge in [0.15, 0.2) is 0 Å². The summed E-state index contributed by atoms with van der Waals surface area (Å²) in [6.07, 6.45) is 1.13. The number of hydrogen-bond acceptors (Lipinski definition) is 3. The zero-order valence-electron chi connectivity index (χ0n) is 9.92. The zero-order valence-corrected chi connectivity index (χ0v) is 9.92. The Labute approximate surface area is 87.8 Å². The smallest absolute Gasteiger partial charge is 0.0477 e. The molecule has 0 saturated carbocycles. The molecule has 3 unspecified atom stereocenters. The van der Waals surface area contributed by atoms with E-state index in [-0.39, 0.29) is 0 Å². The lowest BCUT2D eigenvalue weighted by Crippen LogP contribution is -2.58. The second-order valence-corrected chi connectivity index (χ2v) is 4.43. The van der Waals surface area contributed by atoms with Gasteiger partial charge in [-0.1, -0.05) is 0 Å². The molecule has 1 saturated heterocycles. The van der Waals surface area contributed by atoms with Crippen LogP contribution in [0.2, 0.25) is 0 Å². The van der Waals surface area contributed by atoms with E-state index in [4.69, 9.17) is 4.74 Å². The highest BCUT2D eigenvalue weighted by Gasteiger charge is 2.27. The van der Waals surface area contributed by atoms with Gasteiger partial charge < -0.3 is 10.1 Å². The van der Waals surface area contributed by atoms with E-state index < -0.39 is 0 Å². The maximum absolute atomic E-state index is 5.13. The van der Waals surface area contributed by atoms with Gasteiger partial charge in [0.1, 0.15) is 0 Å². The molecule has 0 aromatic rings. The van der Waals surface area contributed by atoms with Gasteiger partial charge in [-0.2, -0.15) is 0 Å². The predicted octanol–water partition coefficient (Wildman–Crippen LogP) is 1.09. The third kappa shape index (κ3) is 2.94. The lowest BCUT2D eigenvalue weighted by molar-refractivity contribution is 0.0554. The van der Waals surface area contributed by atoms with Crippen LogP contribution in [0, 0.1) is 0 Å². The predicted molar refractivity (Wildman–Crippen MR) is 59.6 cm³/mol. The largest absolute Gasteiger partial charge is 0.385 e. The molecule has 14 heavy (non-hydrogen) atoms. The summed E-state index contributed by atoms with van der Waals surface area (Å²) >= 11 is 0. The van der Waals surface area contributed by atoms with Gasteiger partial charge in [-0.05, 0) is 27.2 Å². The second kappa shape index (κ2) is 5.69. The first kappa shape index (κ1) is 12.0. The molecule has 1 heterocycles. The van der Waals surface area contributed by atoms with Crippen LogP contribution in [0.3, 0.4) is 0 Å². The highest BCUT2D eigenvalue weighted by molar-refractivity contribution is 4.85. The van der Waals surface area contributed by atoms with Crippen LogP contribution in [-0.4, -0.2) is 49.8 Å². The lowest BCUT2D eigenvalue weighted by atomic mass is 10.0. The van der Waals surface area contributed by atoms with Gasteiger partial charge in [0.2, 0.25) is 0 Å². The van der Waals surface area contributed by atoms with Crippen molar-refractivity contribution in [2.45, 2.75) is 45.3 Å². The van der Waals surface area contributed by atoms with Crippen molar-refractivity contribution in [3.05, 3.63) is 0 Å². The average Bonchev–Trinajstić information content (AvgIpc) is 2.14. The molecule has 0 aromatic heterocycles. The Bertz CT molecular complexity index is 153. The summed E-state index contributed by atoms with van der Waals surface area (Å²) in [5.74, 6) is 0. The molecule has 1 N–H and O–H groups in total. The Morgan fingerprint density at radius 3 is 2.43 bits per heavy atom. The van der Waals surface area contributed by atoms with Crippen LogP contribution in [-0.2, 0) is 4.74 Å². The molecule has 1 aliphatic heterocycles. The van der Waals surface area contributed by atoms with Gasteiger partial charge >= 0.3 is 0 Å². The fourth-order valence-corrected chi connectivity index (χ4v) is 2.45. The van der Waals surface area contributed by atoms with Gasteiger partial charge in [0.25, 0.3) is 0 Å². The average molecular weight is 200 g/mol. The van der Waals surface area contributed by atoms with Crippen LogP contribution >= 0.6 is 0 Å². The van der Waals surface area contributed by atoms with Crippen molar-refractivity contribution in [1.82, 2.24) is 10.2 Å². The van der Waals surface area contributed by atoms with Crippen LogP contribution in [0.4, 0.5) is 0 Å². The Morgan fingerprint density at radius 2 is 1.93 bits per heavy atom. The van der Waals surface area contributed by atoms with Crippen LogP contribution < -0.4 is 5.32 Å². The van der Waals surface area contributed by atoms with Crippen molar-refractivity contribution in [2.24, 2.45) is 0 Å². The quantitative estimate of drug-likeness (QED) is 0.735. The minimum absolute atomic E-state index is 0.627. The molecule has 0 bridgehead atoms. The van der Waals surface area contributed by atoms with Gasteiger partial charge in [0.05, 0.1) is 0 Å². The maximum atomic E-state index is 5.13. The van der Waals surface area contributed by atoms with E-state index >= 15 is 0 Å². The molecular formula is C11H24N2O. The van der Waals surface area contributed by atoms with E-state index in [0.717, 1.165) is 26.1 Å². The molecule has 0 aromatic carbocycles. The van der Waals surface area contributed by atoms with E-state index in [2.05, 4.69) is 31.0 Å². The topological polar surface area (TPSA) is 24.5 Å². The highest BCUT2D eigenvalue weighted by Crippen LogP contribution is 2.15. The van der Waals surface area contributed by atoms with Gasteiger partial charge in [0, 0.05) is 44.9 Å².